The number of nitrogens with one attached hydrogen (secondary N) is 1. The molecule has 0 bridgehead atoms. The quantitative estimate of drug-likeness (QED) is 0.746. The summed E-state index contributed by atoms with van der Waals surface area (Å²) in [4.78, 5) is 1.45. The van der Waals surface area contributed by atoms with E-state index in [1.165, 1.54) is 16.0 Å². The van der Waals surface area contributed by atoms with Crippen molar-refractivity contribution in [2.45, 2.75) is 33.7 Å². The Bertz CT molecular complexity index is 308. The van der Waals surface area contributed by atoms with Crippen molar-refractivity contribution >= 4 is 11.3 Å². The SMILES string of the molecule is CC(C)=CCNC(C)c1sccc1C. The second kappa shape index (κ2) is 5.32. The van der Waals surface area contributed by atoms with Crippen molar-refractivity contribution in [3.8, 4) is 0 Å². The van der Waals surface area contributed by atoms with Gasteiger partial charge in [0, 0.05) is 17.5 Å². The molecule has 0 spiro atoms. The first-order chi connectivity index (χ1) is 6.61. The monoisotopic (exact) mass is 209 g/mol. The van der Waals surface area contributed by atoms with Crippen molar-refractivity contribution in [2.75, 3.05) is 6.54 Å². The third kappa shape index (κ3) is 3.28. The number of hydrogen-bond acceptors (Lipinski definition) is 2. The van der Waals surface area contributed by atoms with E-state index in [0.717, 1.165) is 6.54 Å². The first-order valence-corrected chi connectivity index (χ1v) is 5.90. The van der Waals surface area contributed by atoms with Crippen molar-refractivity contribution in [3.63, 3.8) is 0 Å². The largest absolute Gasteiger partial charge is 0.306 e. The molecule has 0 radical (unpaired) electrons. The Morgan fingerprint density at radius 3 is 2.79 bits per heavy atom. The van der Waals surface area contributed by atoms with Crippen LogP contribution in [0.5, 0.6) is 0 Å². The zero-order chi connectivity index (χ0) is 10.6. The van der Waals surface area contributed by atoms with E-state index < -0.39 is 0 Å². The van der Waals surface area contributed by atoms with Crippen LogP contribution in [0.1, 0.15) is 37.3 Å². The fourth-order valence-electron chi connectivity index (χ4n) is 1.36. The molecule has 1 atom stereocenters. The summed E-state index contributed by atoms with van der Waals surface area (Å²) in [5, 5.41) is 5.65. The number of hydrogen-bond donors (Lipinski definition) is 1. The summed E-state index contributed by atoms with van der Waals surface area (Å²) in [5.74, 6) is 0. The lowest BCUT2D eigenvalue weighted by Gasteiger charge is -2.11. The summed E-state index contributed by atoms with van der Waals surface area (Å²) in [5.41, 5.74) is 2.76. The molecule has 0 aliphatic carbocycles. The van der Waals surface area contributed by atoms with Crippen LogP contribution < -0.4 is 5.32 Å². The Morgan fingerprint density at radius 1 is 1.57 bits per heavy atom. The van der Waals surface area contributed by atoms with Gasteiger partial charge in [-0.05, 0) is 44.7 Å². The summed E-state index contributed by atoms with van der Waals surface area (Å²) in [6.45, 7) is 9.61. The van der Waals surface area contributed by atoms with Gasteiger partial charge in [0.25, 0.3) is 0 Å². The molecule has 0 amide bonds. The van der Waals surface area contributed by atoms with Gasteiger partial charge in [0.2, 0.25) is 0 Å². The molecule has 78 valence electrons. The van der Waals surface area contributed by atoms with Gasteiger partial charge in [0.05, 0.1) is 0 Å². The van der Waals surface area contributed by atoms with Crippen LogP contribution in [0.3, 0.4) is 0 Å². The molecule has 0 aliphatic heterocycles. The molecule has 1 rings (SSSR count). The van der Waals surface area contributed by atoms with Gasteiger partial charge in [-0.3, -0.25) is 0 Å². The van der Waals surface area contributed by atoms with Crippen LogP contribution in [-0.2, 0) is 0 Å². The van der Waals surface area contributed by atoms with Crippen molar-refractivity contribution in [2.24, 2.45) is 0 Å². The predicted octanol–water partition coefficient (Wildman–Crippen LogP) is 3.67. The Labute approximate surface area is 90.9 Å². The van der Waals surface area contributed by atoms with E-state index in [4.69, 9.17) is 0 Å². The maximum absolute atomic E-state index is 3.49. The minimum atomic E-state index is 0.464. The van der Waals surface area contributed by atoms with Gasteiger partial charge in [0.1, 0.15) is 0 Å². The molecule has 0 saturated heterocycles. The summed E-state index contributed by atoms with van der Waals surface area (Å²) < 4.78 is 0. The van der Waals surface area contributed by atoms with Crippen molar-refractivity contribution in [1.29, 1.82) is 0 Å². The summed E-state index contributed by atoms with van der Waals surface area (Å²) in [7, 11) is 0. The molecule has 2 heteroatoms. The molecule has 1 aromatic heterocycles. The summed E-state index contributed by atoms with van der Waals surface area (Å²) in [6.07, 6.45) is 2.22. The van der Waals surface area contributed by atoms with Crippen molar-refractivity contribution in [3.05, 3.63) is 33.5 Å². The smallest absolute Gasteiger partial charge is 0.0391 e. The predicted molar refractivity (Wildman–Crippen MR) is 64.9 cm³/mol. The highest BCUT2D eigenvalue weighted by Crippen LogP contribution is 2.23. The van der Waals surface area contributed by atoms with E-state index in [1.807, 2.05) is 11.3 Å². The number of thiophene rings is 1. The minimum Gasteiger partial charge on any atom is -0.306 e. The highest BCUT2D eigenvalue weighted by atomic mass is 32.1. The lowest BCUT2D eigenvalue weighted by atomic mass is 10.2. The van der Waals surface area contributed by atoms with E-state index in [2.05, 4.69) is 50.5 Å². The Morgan fingerprint density at radius 2 is 2.29 bits per heavy atom. The van der Waals surface area contributed by atoms with Crippen molar-refractivity contribution < 1.29 is 0 Å². The van der Waals surface area contributed by atoms with Crippen LogP contribution in [-0.4, -0.2) is 6.54 Å². The van der Waals surface area contributed by atoms with Crippen LogP contribution in [0.4, 0.5) is 0 Å². The zero-order valence-electron chi connectivity index (χ0n) is 9.42. The van der Waals surface area contributed by atoms with E-state index in [0.29, 0.717) is 6.04 Å². The second-order valence-electron chi connectivity index (χ2n) is 3.88. The number of rotatable bonds is 4. The average molecular weight is 209 g/mol. The van der Waals surface area contributed by atoms with Crippen molar-refractivity contribution in [1.82, 2.24) is 5.32 Å². The molecule has 14 heavy (non-hydrogen) atoms. The molecule has 1 nitrogen and oxygen atoms in total. The van der Waals surface area contributed by atoms with Crippen LogP contribution in [0.25, 0.3) is 0 Å². The lowest BCUT2D eigenvalue weighted by molar-refractivity contribution is 0.623. The molecule has 0 saturated carbocycles. The zero-order valence-corrected chi connectivity index (χ0v) is 10.2. The first kappa shape index (κ1) is 11.5. The third-order valence-corrected chi connectivity index (χ3v) is 3.43. The van der Waals surface area contributed by atoms with E-state index >= 15 is 0 Å². The highest BCUT2D eigenvalue weighted by molar-refractivity contribution is 7.10. The normalized spacial score (nSPS) is 12.6. The van der Waals surface area contributed by atoms with Crippen LogP contribution in [0, 0.1) is 6.92 Å². The molecule has 1 heterocycles. The Hall–Kier alpha value is -0.600. The summed E-state index contributed by atoms with van der Waals surface area (Å²) >= 11 is 1.83. The van der Waals surface area contributed by atoms with Gasteiger partial charge in [0.15, 0.2) is 0 Å². The molecule has 0 aromatic carbocycles. The maximum atomic E-state index is 3.49. The standard InChI is InChI=1S/C12H19NS/c1-9(2)5-7-13-11(4)12-10(3)6-8-14-12/h5-6,8,11,13H,7H2,1-4H3. The van der Waals surface area contributed by atoms with Gasteiger partial charge >= 0.3 is 0 Å². The Kier molecular flexibility index (Phi) is 4.36. The van der Waals surface area contributed by atoms with Gasteiger partial charge in [-0.1, -0.05) is 11.6 Å². The van der Waals surface area contributed by atoms with E-state index in [9.17, 15) is 0 Å². The van der Waals surface area contributed by atoms with Crippen LogP contribution in [0.15, 0.2) is 23.1 Å². The molecule has 1 aromatic rings. The molecular formula is C12H19NS. The molecular weight excluding hydrogens is 190 g/mol. The molecule has 0 fully saturated rings. The van der Waals surface area contributed by atoms with Crippen LogP contribution >= 0.6 is 11.3 Å². The van der Waals surface area contributed by atoms with E-state index in [1.54, 1.807) is 0 Å². The number of allylic oxidation sites excluding steroid dienone is 1. The molecule has 0 aliphatic rings. The summed E-state index contributed by atoms with van der Waals surface area (Å²) in [6, 6.07) is 2.64. The maximum Gasteiger partial charge on any atom is 0.0391 e. The second-order valence-corrected chi connectivity index (χ2v) is 4.83. The molecule has 1 N–H and O–H groups in total. The molecule has 1 unspecified atom stereocenters. The number of aryl methyl sites for hydroxylation is 1. The third-order valence-electron chi connectivity index (χ3n) is 2.23. The Balaban J connectivity index is 2.47. The van der Waals surface area contributed by atoms with Gasteiger partial charge in [-0.25, -0.2) is 0 Å². The van der Waals surface area contributed by atoms with Gasteiger partial charge < -0.3 is 5.32 Å². The average Bonchev–Trinajstić information content (AvgIpc) is 2.50. The van der Waals surface area contributed by atoms with Gasteiger partial charge in [-0.15, -0.1) is 11.3 Å². The first-order valence-electron chi connectivity index (χ1n) is 5.02. The fourth-order valence-corrected chi connectivity index (χ4v) is 2.32. The fraction of sp³-hybridized carbons (Fsp3) is 0.500. The lowest BCUT2D eigenvalue weighted by Crippen LogP contribution is -2.18. The van der Waals surface area contributed by atoms with Gasteiger partial charge in [-0.2, -0.15) is 0 Å². The van der Waals surface area contributed by atoms with Crippen LogP contribution in [0.2, 0.25) is 0 Å². The topological polar surface area (TPSA) is 12.0 Å². The highest BCUT2D eigenvalue weighted by Gasteiger charge is 2.07. The van der Waals surface area contributed by atoms with E-state index in [-0.39, 0.29) is 0 Å². The minimum absolute atomic E-state index is 0.464.